The molecule has 0 aliphatic heterocycles. The monoisotopic (exact) mass is 430 g/mol. The minimum atomic E-state index is -1.05. The van der Waals surface area contributed by atoms with Crippen LogP contribution in [0.5, 0.6) is 17.2 Å². The zero-order valence-corrected chi connectivity index (χ0v) is 14.3. The van der Waals surface area contributed by atoms with Gasteiger partial charge in [-0.25, -0.2) is 4.79 Å². The van der Waals surface area contributed by atoms with Crippen LogP contribution in [0.3, 0.4) is 0 Å². The van der Waals surface area contributed by atoms with Crippen LogP contribution in [0.2, 0.25) is 0 Å². The summed E-state index contributed by atoms with van der Waals surface area (Å²) < 4.78 is 12.1. The van der Waals surface area contributed by atoms with Crippen LogP contribution < -0.4 is 20.9 Å². The van der Waals surface area contributed by atoms with E-state index in [4.69, 9.17) is 26.0 Å². The summed E-state index contributed by atoms with van der Waals surface area (Å²) in [6.07, 6.45) is 0. The first kappa shape index (κ1) is 16.4. The van der Waals surface area contributed by atoms with Gasteiger partial charge in [-0.1, -0.05) is 0 Å². The van der Waals surface area contributed by atoms with E-state index >= 15 is 0 Å². The third-order valence-electron chi connectivity index (χ3n) is 2.61. The second kappa shape index (κ2) is 6.89. The van der Waals surface area contributed by atoms with Gasteiger partial charge >= 0.3 is 5.97 Å². The Morgan fingerprint density at radius 2 is 1.68 bits per heavy atom. The van der Waals surface area contributed by atoms with E-state index in [0.29, 0.717) is 37.6 Å². The van der Waals surface area contributed by atoms with Crippen molar-refractivity contribution in [2.24, 2.45) is 0 Å². The molecule has 2 aromatic carbocycles. The van der Waals surface area contributed by atoms with E-state index in [-0.39, 0.29) is 0 Å². The predicted octanol–water partition coefficient (Wildman–Crippen LogP) is 3.63. The quantitative estimate of drug-likeness (QED) is 0.623. The number of hydrogen-bond acceptors (Lipinski definition) is 5. The lowest BCUT2D eigenvalue weighted by molar-refractivity contribution is -0.139. The van der Waals surface area contributed by atoms with E-state index in [0.717, 1.165) is 0 Å². The lowest BCUT2D eigenvalue weighted by atomic mass is 10.2. The van der Waals surface area contributed by atoms with Crippen LogP contribution in [-0.4, -0.2) is 17.7 Å². The van der Waals surface area contributed by atoms with E-state index in [2.05, 4.69) is 31.9 Å². The van der Waals surface area contributed by atoms with Gasteiger partial charge in [-0.2, -0.15) is 0 Å². The first-order chi connectivity index (χ1) is 10.4. The highest BCUT2D eigenvalue weighted by Gasteiger charge is 2.12. The summed E-state index contributed by atoms with van der Waals surface area (Å²) in [6.45, 7) is -0.423. The number of halogens is 2. The van der Waals surface area contributed by atoms with Gasteiger partial charge in [0, 0.05) is 6.07 Å². The maximum absolute atomic E-state index is 10.5. The summed E-state index contributed by atoms with van der Waals surface area (Å²) in [6, 6.07) is 8.19. The Balaban J connectivity index is 2.24. The molecule has 0 bridgehead atoms. The highest BCUT2D eigenvalue weighted by molar-refractivity contribution is 9.11. The summed E-state index contributed by atoms with van der Waals surface area (Å²) in [5.41, 5.74) is 12.3. The number of anilines is 2. The zero-order valence-electron chi connectivity index (χ0n) is 11.2. The first-order valence-corrected chi connectivity index (χ1v) is 7.62. The topological polar surface area (TPSA) is 108 Å². The third kappa shape index (κ3) is 4.05. The molecule has 6 nitrogen and oxygen atoms in total. The highest BCUT2D eigenvalue weighted by atomic mass is 79.9. The van der Waals surface area contributed by atoms with Crippen molar-refractivity contribution >= 4 is 49.2 Å². The molecule has 0 fully saturated rings. The number of carboxylic acid groups (broad SMARTS) is 1. The molecule has 0 unspecified atom stereocenters. The number of rotatable bonds is 5. The van der Waals surface area contributed by atoms with Gasteiger partial charge in [-0.15, -0.1) is 0 Å². The Morgan fingerprint density at radius 1 is 1.05 bits per heavy atom. The maximum Gasteiger partial charge on any atom is 0.341 e. The fourth-order valence-electron chi connectivity index (χ4n) is 1.60. The lowest BCUT2D eigenvalue weighted by Crippen LogP contribution is -2.09. The molecule has 0 heterocycles. The molecule has 5 N–H and O–H groups in total. The zero-order chi connectivity index (χ0) is 16.3. The number of carbonyl (C=O) groups is 1. The average Bonchev–Trinajstić information content (AvgIpc) is 2.44. The summed E-state index contributed by atoms with van der Waals surface area (Å²) in [7, 11) is 0. The molecule has 0 saturated heterocycles. The predicted molar refractivity (Wildman–Crippen MR) is 90.3 cm³/mol. The van der Waals surface area contributed by atoms with Crippen molar-refractivity contribution in [3.05, 3.63) is 39.3 Å². The van der Waals surface area contributed by atoms with Crippen molar-refractivity contribution in [2.45, 2.75) is 0 Å². The number of benzene rings is 2. The molecule has 22 heavy (non-hydrogen) atoms. The van der Waals surface area contributed by atoms with Crippen LogP contribution in [0.15, 0.2) is 39.3 Å². The van der Waals surface area contributed by atoms with Gasteiger partial charge in [-0.05, 0) is 56.1 Å². The minimum Gasteiger partial charge on any atom is -0.482 e. The fraction of sp³-hybridized carbons (Fsp3) is 0.0714. The molecule has 0 atom stereocenters. The fourth-order valence-corrected chi connectivity index (χ4v) is 2.90. The molecular formula is C14H12Br2N2O4. The summed E-state index contributed by atoms with van der Waals surface area (Å²) in [5, 5.41) is 8.62. The van der Waals surface area contributed by atoms with Crippen LogP contribution in [-0.2, 0) is 4.79 Å². The Bertz CT molecular complexity index is 699. The minimum absolute atomic E-state index is 0.394. The molecule has 0 radical (unpaired) electrons. The normalized spacial score (nSPS) is 10.3. The number of carboxylic acids is 1. The number of ether oxygens (including phenoxy) is 2. The molecule has 0 spiro atoms. The molecule has 116 valence electrons. The SMILES string of the molecule is Nc1ccc(Oc2c(Br)cc(OCC(=O)O)cc2Br)cc1N. The molecule has 8 heteroatoms. The number of hydrogen-bond donors (Lipinski definition) is 3. The van der Waals surface area contributed by atoms with Crippen molar-refractivity contribution in [2.75, 3.05) is 18.1 Å². The highest BCUT2D eigenvalue weighted by Crippen LogP contribution is 2.40. The van der Waals surface area contributed by atoms with E-state index < -0.39 is 12.6 Å². The molecule has 0 aromatic heterocycles. The second-order valence-corrected chi connectivity index (χ2v) is 6.00. The van der Waals surface area contributed by atoms with E-state index in [1.807, 2.05) is 0 Å². The van der Waals surface area contributed by atoms with Gasteiger partial charge < -0.3 is 26.0 Å². The van der Waals surface area contributed by atoms with E-state index in [1.165, 1.54) is 0 Å². The van der Waals surface area contributed by atoms with E-state index in [9.17, 15) is 4.79 Å². The summed E-state index contributed by atoms with van der Waals surface area (Å²) in [4.78, 5) is 10.5. The average molecular weight is 432 g/mol. The van der Waals surface area contributed by atoms with Crippen molar-refractivity contribution < 1.29 is 19.4 Å². The molecule has 0 aliphatic rings. The number of nitrogen functional groups attached to an aromatic ring is 2. The molecule has 2 rings (SSSR count). The van der Waals surface area contributed by atoms with Gasteiger partial charge in [-0.3, -0.25) is 0 Å². The lowest BCUT2D eigenvalue weighted by Gasteiger charge is -2.13. The van der Waals surface area contributed by atoms with Crippen LogP contribution in [0.4, 0.5) is 11.4 Å². The van der Waals surface area contributed by atoms with Gasteiger partial charge in [0.15, 0.2) is 12.4 Å². The molecule has 2 aromatic rings. The van der Waals surface area contributed by atoms with Crippen LogP contribution >= 0.6 is 31.9 Å². The van der Waals surface area contributed by atoms with Gasteiger partial charge in [0.1, 0.15) is 11.5 Å². The van der Waals surface area contributed by atoms with Crippen LogP contribution in [0, 0.1) is 0 Å². The Morgan fingerprint density at radius 3 is 2.23 bits per heavy atom. The molecule has 0 aliphatic carbocycles. The molecule has 0 saturated carbocycles. The van der Waals surface area contributed by atoms with Gasteiger partial charge in [0.05, 0.1) is 20.3 Å². The smallest absolute Gasteiger partial charge is 0.341 e. The Kier molecular flexibility index (Phi) is 5.15. The molecular weight excluding hydrogens is 420 g/mol. The van der Waals surface area contributed by atoms with Crippen molar-refractivity contribution in [1.29, 1.82) is 0 Å². The maximum atomic E-state index is 10.5. The summed E-state index contributed by atoms with van der Waals surface area (Å²) >= 11 is 6.71. The first-order valence-electron chi connectivity index (χ1n) is 6.03. The van der Waals surface area contributed by atoms with Gasteiger partial charge in [0.2, 0.25) is 0 Å². The van der Waals surface area contributed by atoms with Crippen LogP contribution in [0.1, 0.15) is 0 Å². The summed E-state index contributed by atoms with van der Waals surface area (Å²) in [5.74, 6) is 0.370. The van der Waals surface area contributed by atoms with Crippen molar-refractivity contribution in [3.8, 4) is 17.2 Å². The number of aliphatic carboxylic acids is 1. The second-order valence-electron chi connectivity index (χ2n) is 4.29. The van der Waals surface area contributed by atoms with E-state index in [1.54, 1.807) is 30.3 Å². The molecule has 0 amide bonds. The van der Waals surface area contributed by atoms with Crippen molar-refractivity contribution in [3.63, 3.8) is 0 Å². The van der Waals surface area contributed by atoms with Gasteiger partial charge in [0.25, 0.3) is 0 Å². The largest absolute Gasteiger partial charge is 0.482 e. The van der Waals surface area contributed by atoms with Crippen molar-refractivity contribution in [1.82, 2.24) is 0 Å². The Hall–Kier alpha value is -1.93. The standard InChI is InChI=1S/C14H12Br2N2O4/c15-9-3-8(21-6-13(19)20)4-10(16)14(9)22-7-1-2-11(17)12(18)5-7/h1-5H,6,17-18H2,(H,19,20). The number of nitrogens with two attached hydrogens (primary N) is 2. The third-order valence-corrected chi connectivity index (χ3v) is 3.79. The Labute approximate surface area is 143 Å². The van der Waals surface area contributed by atoms with Crippen LogP contribution in [0.25, 0.3) is 0 Å².